The molecular formula is C19H32N5O2P. The van der Waals surface area contributed by atoms with Crippen molar-refractivity contribution in [2.24, 2.45) is 0 Å². The van der Waals surface area contributed by atoms with E-state index in [1.807, 2.05) is 44.5 Å². The summed E-state index contributed by atoms with van der Waals surface area (Å²) in [5.41, 5.74) is 0.900. The van der Waals surface area contributed by atoms with Gasteiger partial charge in [-0.1, -0.05) is 6.58 Å². The number of rotatable bonds is 8. The van der Waals surface area contributed by atoms with Crippen molar-refractivity contribution in [2.45, 2.75) is 59.0 Å². The molecule has 1 unspecified atom stereocenters. The molecule has 0 aliphatic carbocycles. The molecule has 1 N–H and O–H groups in total. The first kappa shape index (κ1) is 23.5. The summed E-state index contributed by atoms with van der Waals surface area (Å²) in [6.45, 7) is 14.2. The van der Waals surface area contributed by atoms with Gasteiger partial charge in [0.1, 0.15) is 0 Å². The van der Waals surface area contributed by atoms with Crippen LogP contribution >= 0.6 is 8.53 Å². The average Bonchev–Trinajstić information content (AvgIpc) is 3.16. The zero-order valence-corrected chi connectivity index (χ0v) is 17.8. The van der Waals surface area contributed by atoms with Crippen molar-refractivity contribution in [3.8, 4) is 6.07 Å². The fourth-order valence-corrected chi connectivity index (χ4v) is 3.95. The van der Waals surface area contributed by atoms with Crippen LogP contribution in [0.4, 0.5) is 5.95 Å². The molecule has 0 amide bonds. The Bertz CT molecular complexity index is 592. The fraction of sp³-hybridized carbons (Fsp3) is 0.632. The maximum absolute atomic E-state index is 9.74. The second-order valence-corrected chi connectivity index (χ2v) is 7.97. The topological polar surface area (TPSA) is 85.5 Å². The predicted octanol–water partition coefficient (Wildman–Crippen LogP) is 3.97. The largest absolute Gasteiger partial charge is 0.341 e. The van der Waals surface area contributed by atoms with Gasteiger partial charge in [0.15, 0.2) is 0 Å². The molecule has 0 saturated carbocycles. The SMILES string of the molecule is C=Cc1ccnc(N2CCCC2)n1.CC(C)N(C(C)C)P(O)OCCC#N. The van der Waals surface area contributed by atoms with Gasteiger partial charge in [0.25, 0.3) is 8.53 Å². The molecule has 2 rings (SSSR count). The smallest absolute Gasteiger partial charge is 0.256 e. The quantitative estimate of drug-likeness (QED) is 0.528. The third-order valence-corrected chi connectivity index (χ3v) is 5.67. The van der Waals surface area contributed by atoms with Crippen LogP contribution < -0.4 is 4.90 Å². The Kier molecular flexibility index (Phi) is 11.1. The van der Waals surface area contributed by atoms with E-state index < -0.39 is 8.53 Å². The van der Waals surface area contributed by atoms with Crippen LogP contribution in [0.25, 0.3) is 6.08 Å². The predicted molar refractivity (Wildman–Crippen MR) is 111 cm³/mol. The molecule has 8 heteroatoms. The van der Waals surface area contributed by atoms with Crippen LogP contribution in [0, 0.1) is 11.3 Å². The lowest BCUT2D eigenvalue weighted by atomic mass is 10.3. The van der Waals surface area contributed by atoms with Crippen molar-refractivity contribution >= 4 is 20.6 Å². The molecule has 1 aromatic heterocycles. The van der Waals surface area contributed by atoms with E-state index in [-0.39, 0.29) is 12.1 Å². The second-order valence-electron chi connectivity index (χ2n) is 6.74. The highest BCUT2D eigenvalue weighted by atomic mass is 31.2. The number of hydrogen-bond donors (Lipinski definition) is 1. The van der Waals surface area contributed by atoms with Crippen LogP contribution in [0.2, 0.25) is 0 Å². The van der Waals surface area contributed by atoms with Gasteiger partial charge >= 0.3 is 0 Å². The molecule has 1 aliphatic rings. The molecule has 1 aliphatic heterocycles. The second kappa shape index (κ2) is 12.7. The van der Waals surface area contributed by atoms with Gasteiger partial charge in [0.05, 0.1) is 24.8 Å². The summed E-state index contributed by atoms with van der Waals surface area (Å²) in [5.74, 6) is 0.842. The molecule has 7 nitrogen and oxygen atoms in total. The van der Waals surface area contributed by atoms with E-state index in [4.69, 9.17) is 9.79 Å². The van der Waals surface area contributed by atoms with E-state index in [9.17, 15) is 4.89 Å². The average molecular weight is 393 g/mol. The number of aromatic nitrogens is 2. The van der Waals surface area contributed by atoms with Crippen molar-refractivity contribution in [3.05, 3.63) is 24.5 Å². The van der Waals surface area contributed by atoms with Gasteiger partial charge < -0.3 is 14.3 Å². The molecule has 0 radical (unpaired) electrons. The molecule has 0 spiro atoms. The molecule has 0 aromatic carbocycles. The summed E-state index contributed by atoms with van der Waals surface area (Å²) < 4.78 is 7.10. The highest BCUT2D eigenvalue weighted by Gasteiger charge is 2.23. The third-order valence-electron chi connectivity index (χ3n) is 3.94. The van der Waals surface area contributed by atoms with Crippen LogP contribution in [0.5, 0.6) is 0 Å². The molecular weight excluding hydrogens is 361 g/mol. The monoisotopic (exact) mass is 393 g/mol. The van der Waals surface area contributed by atoms with Gasteiger partial charge in [-0.05, 0) is 52.7 Å². The summed E-state index contributed by atoms with van der Waals surface area (Å²) in [5, 5.41) is 8.32. The lowest BCUT2D eigenvalue weighted by molar-refractivity contribution is 0.215. The fourth-order valence-electron chi connectivity index (χ4n) is 2.78. The van der Waals surface area contributed by atoms with Gasteiger partial charge in [0.2, 0.25) is 5.95 Å². The molecule has 27 heavy (non-hydrogen) atoms. The van der Waals surface area contributed by atoms with Crippen LogP contribution in [-0.2, 0) is 4.52 Å². The lowest BCUT2D eigenvalue weighted by Crippen LogP contribution is -2.32. The van der Waals surface area contributed by atoms with Crippen molar-refractivity contribution in [2.75, 3.05) is 24.6 Å². The number of anilines is 1. The van der Waals surface area contributed by atoms with Crippen LogP contribution in [0.3, 0.4) is 0 Å². The number of nitriles is 1. The first-order valence-electron chi connectivity index (χ1n) is 9.38. The molecule has 1 aromatic rings. The van der Waals surface area contributed by atoms with Crippen molar-refractivity contribution < 1.29 is 9.42 Å². The third kappa shape index (κ3) is 8.32. The van der Waals surface area contributed by atoms with Gasteiger partial charge in [-0.3, -0.25) is 0 Å². The van der Waals surface area contributed by atoms with E-state index in [1.54, 1.807) is 12.3 Å². The van der Waals surface area contributed by atoms with E-state index in [2.05, 4.69) is 21.4 Å². The minimum atomic E-state index is -1.55. The zero-order chi connectivity index (χ0) is 20.2. The maximum Gasteiger partial charge on any atom is 0.256 e. The maximum atomic E-state index is 9.74. The standard InChI is InChI=1S/C10H13N3.C9H19N2O2P/c1-2-9-5-6-11-10(12-9)13-7-3-4-8-13;1-8(2)11(9(3)4)14(12)13-7-5-6-10/h2,5-6H,1,3-4,7-8H2;8-9,12H,5,7H2,1-4H3. The van der Waals surface area contributed by atoms with E-state index in [0.717, 1.165) is 24.7 Å². The van der Waals surface area contributed by atoms with Crippen LogP contribution in [0.1, 0.15) is 52.7 Å². The molecule has 0 bridgehead atoms. The van der Waals surface area contributed by atoms with Crippen molar-refractivity contribution in [3.63, 3.8) is 0 Å². The molecule has 1 saturated heterocycles. The zero-order valence-electron chi connectivity index (χ0n) is 16.9. The summed E-state index contributed by atoms with van der Waals surface area (Å²) in [6, 6.07) is 4.33. The van der Waals surface area contributed by atoms with Gasteiger partial charge in [-0.25, -0.2) is 14.6 Å². The van der Waals surface area contributed by atoms with Gasteiger partial charge in [-0.2, -0.15) is 5.26 Å². The summed E-state index contributed by atoms with van der Waals surface area (Å²) >= 11 is 0. The number of hydrogen-bond acceptors (Lipinski definition) is 7. The Hall–Kier alpha value is -1.58. The van der Waals surface area contributed by atoms with Crippen LogP contribution in [0.15, 0.2) is 18.8 Å². The molecule has 150 valence electrons. The van der Waals surface area contributed by atoms with Crippen molar-refractivity contribution in [1.82, 2.24) is 14.6 Å². The number of nitrogens with zero attached hydrogens (tertiary/aromatic N) is 5. The lowest BCUT2D eigenvalue weighted by Gasteiger charge is -2.32. The minimum Gasteiger partial charge on any atom is -0.341 e. The normalized spacial score (nSPS) is 14.9. The van der Waals surface area contributed by atoms with E-state index in [0.29, 0.717) is 13.0 Å². The summed E-state index contributed by atoms with van der Waals surface area (Å²) in [7, 11) is -1.55. The highest BCUT2D eigenvalue weighted by molar-refractivity contribution is 7.43. The summed E-state index contributed by atoms with van der Waals surface area (Å²) in [6.07, 6.45) is 6.37. The highest BCUT2D eigenvalue weighted by Crippen LogP contribution is 2.40. The Morgan fingerprint density at radius 2 is 2.00 bits per heavy atom. The molecule has 1 atom stereocenters. The Balaban J connectivity index is 0.000000270. The van der Waals surface area contributed by atoms with Gasteiger partial charge in [0, 0.05) is 31.4 Å². The molecule has 2 heterocycles. The van der Waals surface area contributed by atoms with Crippen LogP contribution in [-0.4, -0.2) is 51.3 Å². The molecule has 1 fully saturated rings. The Morgan fingerprint density at radius 1 is 1.37 bits per heavy atom. The first-order valence-corrected chi connectivity index (χ1v) is 10.5. The van der Waals surface area contributed by atoms with Crippen molar-refractivity contribution in [1.29, 1.82) is 5.26 Å². The minimum absolute atomic E-state index is 0.244. The van der Waals surface area contributed by atoms with E-state index in [1.165, 1.54) is 12.8 Å². The van der Waals surface area contributed by atoms with Gasteiger partial charge in [-0.15, -0.1) is 0 Å². The van der Waals surface area contributed by atoms with E-state index >= 15 is 0 Å². The summed E-state index contributed by atoms with van der Waals surface area (Å²) in [4.78, 5) is 20.6. The Labute approximate surface area is 164 Å². The Morgan fingerprint density at radius 3 is 2.52 bits per heavy atom. The first-order chi connectivity index (χ1) is 12.9.